The van der Waals surface area contributed by atoms with Gasteiger partial charge in [-0.15, -0.1) is 0 Å². The van der Waals surface area contributed by atoms with E-state index in [1.807, 2.05) is 30.3 Å². The summed E-state index contributed by atoms with van der Waals surface area (Å²) in [5.74, 6) is 0. The summed E-state index contributed by atoms with van der Waals surface area (Å²) in [6.07, 6.45) is 7.02. The summed E-state index contributed by atoms with van der Waals surface area (Å²) in [4.78, 5) is 15.1. The van der Waals surface area contributed by atoms with Gasteiger partial charge in [-0.25, -0.2) is 4.79 Å². The van der Waals surface area contributed by atoms with Crippen LogP contribution in [0.2, 0.25) is 0 Å². The number of rotatable bonds is 6. The van der Waals surface area contributed by atoms with E-state index in [9.17, 15) is 4.79 Å². The molecule has 1 saturated carbocycles. The molecular formula is C25H34N4O. The van der Waals surface area contributed by atoms with Crippen molar-refractivity contribution in [3.63, 3.8) is 0 Å². The highest BCUT2D eigenvalue weighted by molar-refractivity contribution is 5.89. The third-order valence-electron chi connectivity index (χ3n) is 6.32. The van der Waals surface area contributed by atoms with E-state index in [1.54, 1.807) is 0 Å². The average Bonchev–Trinajstić information content (AvgIpc) is 2.77. The molecule has 2 aromatic rings. The first kappa shape index (κ1) is 20.9. The fraction of sp³-hybridized carbons (Fsp3) is 0.480. The van der Waals surface area contributed by atoms with E-state index in [-0.39, 0.29) is 12.1 Å². The van der Waals surface area contributed by atoms with Crippen molar-refractivity contribution in [3.05, 3.63) is 66.2 Å². The number of nitrogens with one attached hydrogen (secondary N) is 3. The monoisotopic (exact) mass is 406 g/mol. The smallest absolute Gasteiger partial charge is 0.319 e. The Balaban J connectivity index is 1.29. The Bertz CT molecular complexity index is 782. The standard InChI is InChI=1S/C25H34N4O/c30-25(27-21-12-5-2-6-13-21)28-24-16-8-7-15-23(24)26-22-14-9-17-29(19-22)18-20-10-3-1-4-11-20/h1-6,10-13,22-24,26H,7-9,14-19H2,(H2,27,28,30)/t22?,23-,24-/m1/s1. The number of urea groups is 1. The lowest BCUT2D eigenvalue weighted by atomic mass is 9.89. The van der Waals surface area contributed by atoms with Gasteiger partial charge in [-0.05, 0) is 49.9 Å². The summed E-state index contributed by atoms with van der Waals surface area (Å²) in [7, 11) is 0. The Hall–Kier alpha value is -2.37. The Kier molecular flexibility index (Phi) is 7.38. The van der Waals surface area contributed by atoms with E-state index >= 15 is 0 Å². The van der Waals surface area contributed by atoms with E-state index in [2.05, 4.69) is 51.2 Å². The van der Waals surface area contributed by atoms with Gasteiger partial charge in [0.2, 0.25) is 0 Å². The molecule has 1 aliphatic carbocycles. The number of hydrogen-bond acceptors (Lipinski definition) is 3. The minimum atomic E-state index is -0.103. The van der Waals surface area contributed by atoms with Gasteiger partial charge in [0, 0.05) is 36.9 Å². The highest BCUT2D eigenvalue weighted by Gasteiger charge is 2.30. The molecule has 1 saturated heterocycles. The number of benzene rings is 2. The number of nitrogens with zero attached hydrogens (tertiary/aromatic N) is 1. The van der Waals surface area contributed by atoms with Crippen LogP contribution in [0.1, 0.15) is 44.1 Å². The number of likely N-dealkylation sites (tertiary alicyclic amines) is 1. The van der Waals surface area contributed by atoms with Gasteiger partial charge in [0.25, 0.3) is 0 Å². The zero-order chi connectivity index (χ0) is 20.6. The first-order valence-corrected chi connectivity index (χ1v) is 11.4. The van der Waals surface area contributed by atoms with E-state index < -0.39 is 0 Å². The summed E-state index contributed by atoms with van der Waals surface area (Å²) in [5.41, 5.74) is 2.21. The highest BCUT2D eigenvalue weighted by atomic mass is 16.2. The maximum atomic E-state index is 12.5. The summed E-state index contributed by atoms with van der Waals surface area (Å²) in [6.45, 7) is 3.26. The zero-order valence-electron chi connectivity index (χ0n) is 17.7. The van der Waals surface area contributed by atoms with Crippen LogP contribution in [0.4, 0.5) is 10.5 Å². The van der Waals surface area contributed by atoms with Gasteiger partial charge in [-0.2, -0.15) is 0 Å². The third-order valence-corrected chi connectivity index (χ3v) is 6.32. The second-order valence-corrected chi connectivity index (χ2v) is 8.69. The molecule has 0 aromatic heterocycles. The Morgan fingerprint density at radius 2 is 1.57 bits per heavy atom. The number of carbonyl (C=O) groups is 1. The van der Waals surface area contributed by atoms with Gasteiger partial charge in [0.15, 0.2) is 0 Å². The number of anilines is 1. The fourth-order valence-corrected chi connectivity index (χ4v) is 4.84. The lowest BCUT2D eigenvalue weighted by molar-refractivity contribution is 0.160. The molecule has 1 heterocycles. The minimum absolute atomic E-state index is 0.103. The number of amides is 2. The van der Waals surface area contributed by atoms with Crippen LogP contribution in [-0.2, 0) is 6.54 Å². The predicted molar refractivity (Wildman–Crippen MR) is 123 cm³/mol. The molecule has 2 aliphatic rings. The van der Waals surface area contributed by atoms with Crippen LogP contribution < -0.4 is 16.0 Å². The molecule has 30 heavy (non-hydrogen) atoms. The summed E-state index contributed by atoms with van der Waals surface area (Å²) in [5, 5.41) is 10.1. The SMILES string of the molecule is O=C(Nc1ccccc1)N[C@@H]1CCCC[C@H]1NC1CCCN(Cc2ccccc2)C1. The van der Waals surface area contributed by atoms with Crippen LogP contribution in [0, 0.1) is 0 Å². The summed E-state index contributed by atoms with van der Waals surface area (Å²) in [6, 6.07) is 21.3. The average molecular weight is 407 g/mol. The molecule has 4 rings (SSSR count). The van der Waals surface area contributed by atoms with Crippen molar-refractivity contribution < 1.29 is 4.79 Å². The molecule has 160 valence electrons. The molecular weight excluding hydrogens is 372 g/mol. The quantitative estimate of drug-likeness (QED) is 0.668. The molecule has 2 fully saturated rings. The van der Waals surface area contributed by atoms with Gasteiger partial charge >= 0.3 is 6.03 Å². The van der Waals surface area contributed by atoms with Crippen molar-refractivity contribution in [2.45, 2.75) is 63.2 Å². The maximum Gasteiger partial charge on any atom is 0.319 e. The predicted octanol–water partition coefficient (Wildman–Crippen LogP) is 4.37. The molecule has 0 spiro atoms. The molecule has 1 aliphatic heterocycles. The van der Waals surface area contributed by atoms with Crippen LogP contribution in [0.5, 0.6) is 0 Å². The molecule has 0 bridgehead atoms. The van der Waals surface area contributed by atoms with Crippen molar-refractivity contribution in [1.82, 2.24) is 15.5 Å². The fourth-order valence-electron chi connectivity index (χ4n) is 4.84. The third kappa shape index (κ3) is 6.07. The van der Waals surface area contributed by atoms with Crippen molar-refractivity contribution in [2.75, 3.05) is 18.4 Å². The molecule has 2 aromatic carbocycles. The topological polar surface area (TPSA) is 56.4 Å². The normalized spacial score (nSPS) is 24.9. The molecule has 3 atom stereocenters. The minimum Gasteiger partial charge on any atom is -0.334 e. The number of para-hydroxylation sites is 1. The second kappa shape index (κ2) is 10.6. The zero-order valence-corrected chi connectivity index (χ0v) is 17.7. The van der Waals surface area contributed by atoms with Crippen LogP contribution >= 0.6 is 0 Å². The van der Waals surface area contributed by atoms with E-state index in [1.165, 1.54) is 37.8 Å². The molecule has 2 amide bonds. The molecule has 5 nitrogen and oxygen atoms in total. The maximum absolute atomic E-state index is 12.5. The highest BCUT2D eigenvalue weighted by Crippen LogP contribution is 2.22. The Morgan fingerprint density at radius 3 is 2.33 bits per heavy atom. The largest absolute Gasteiger partial charge is 0.334 e. The second-order valence-electron chi connectivity index (χ2n) is 8.69. The van der Waals surface area contributed by atoms with Crippen molar-refractivity contribution in [2.24, 2.45) is 0 Å². The van der Waals surface area contributed by atoms with Gasteiger partial charge < -0.3 is 16.0 Å². The molecule has 1 unspecified atom stereocenters. The first-order chi connectivity index (χ1) is 14.8. The van der Waals surface area contributed by atoms with Crippen LogP contribution in [0.25, 0.3) is 0 Å². The van der Waals surface area contributed by atoms with Gasteiger partial charge in [0.1, 0.15) is 0 Å². The van der Waals surface area contributed by atoms with Crippen molar-refractivity contribution >= 4 is 11.7 Å². The number of piperidine rings is 1. The number of hydrogen-bond donors (Lipinski definition) is 3. The van der Waals surface area contributed by atoms with E-state index in [0.717, 1.165) is 31.6 Å². The lowest BCUT2D eigenvalue weighted by Gasteiger charge is -2.39. The lowest BCUT2D eigenvalue weighted by Crippen LogP contribution is -2.57. The summed E-state index contributed by atoms with van der Waals surface area (Å²) >= 11 is 0. The molecule has 0 radical (unpaired) electrons. The van der Waals surface area contributed by atoms with Crippen LogP contribution in [0.3, 0.4) is 0 Å². The Labute approximate surface area is 180 Å². The van der Waals surface area contributed by atoms with Crippen molar-refractivity contribution in [1.29, 1.82) is 0 Å². The van der Waals surface area contributed by atoms with E-state index in [4.69, 9.17) is 0 Å². The first-order valence-electron chi connectivity index (χ1n) is 11.4. The van der Waals surface area contributed by atoms with Crippen LogP contribution in [-0.4, -0.2) is 42.1 Å². The van der Waals surface area contributed by atoms with Gasteiger partial charge in [-0.3, -0.25) is 4.90 Å². The Morgan fingerprint density at radius 1 is 0.867 bits per heavy atom. The van der Waals surface area contributed by atoms with Crippen LogP contribution in [0.15, 0.2) is 60.7 Å². The van der Waals surface area contributed by atoms with Crippen molar-refractivity contribution in [3.8, 4) is 0 Å². The van der Waals surface area contributed by atoms with E-state index in [0.29, 0.717) is 12.1 Å². The number of carbonyl (C=O) groups excluding carboxylic acids is 1. The van der Waals surface area contributed by atoms with Gasteiger partial charge in [0.05, 0.1) is 0 Å². The van der Waals surface area contributed by atoms with Gasteiger partial charge in [-0.1, -0.05) is 61.4 Å². The molecule has 5 heteroatoms. The summed E-state index contributed by atoms with van der Waals surface area (Å²) < 4.78 is 0. The molecule has 3 N–H and O–H groups in total.